The maximum atomic E-state index is 12.6. The molecular formula is C16H22N4O6S. The number of hydrogen-bond acceptors (Lipinski definition) is 9. The molecule has 2 aromatic rings. The number of aromatic amines is 1. The first-order chi connectivity index (χ1) is 12.7. The highest BCUT2D eigenvalue weighted by atomic mass is 32.1. The Bertz CT molecular complexity index is 966. The molecule has 3 heterocycles. The lowest BCUT2D eigenvalue weighted by Crippen LogP contribution is -2.32. The van der Waals surface area contributed by atoms with Crippen LogP contribution in [-0.4, -0.2) is 43.9 Å². The number of carbonyl (C=O) groups excluding carboxylic acids is 1. The number of nitrogens with zero attached hydrogens (tertiary/aromatic N) is 2. The molecule has 1 aliphatic rings. The second-order valence-electron chi connectivity index (χ2n) is 6.60. The number of aliphatic hydroxyl groups is 1. The molecule has 27 heavy (non-hydrogen) atoms. The van der Waals surface area contributed by atoms with E-state index in [1.54, 1.807) is 6.92 Å². The van der Waals surface area contributed by atoms with Crippen LogP contribution in [0.3, 0.4) is 0 Å². The number of H-pyrrole nitrogens is 1. The number of thiazole rings is 1. The predicted octanol–water partition coefficient (Wildman–Crippen LogP) is 0.355. The molecule has 2 aromatic heterocycles. The second-order valence-corrected chi connectivity index (χ2v) is 7.56. The van der Waals surface area contributed by atoms with E-state index in [1.807, 2.05) is 6.92 Å². The van der Waals surface area contributed by atoms with Crippen LogP contribution in [0.1, 0.15) is 39.8 Å². The van der Waals surface area contributed by atoms with Crippen LogP contribution < -0.4 is 16.2 Å². The van der Waals surface area contributed by atoms with Crippen LogP contribution in [0.25, 0.3) is 10.3 Å². The van der Waals surface area contributed by atoms with Crippen LogP contribution in [0.5, 0.6) is 0 Å². The molecule has 1 fully saturated rings. The first kappa shape index (κ1) is 19.5. The number of fused-ring (bicyclic) bond motifs is 1. The van der Waals surface area contributed by atoms with E-state index < -0.39 is 46.9 Å². The summed E-state index contributed by atoms with van der Waals surface area (Å²) in [6.45, 7) is 4.82. The molecule has 10 nitrogen and oxygen atoms in total. The lowest BCUT2D eigenvalue weighted by atomic mass is 9.95. The van der Waals surface area contributed by atoms with Crippen molar-refractivity contribution in [1.82, 2.24) is 14.5 Å². The van der Waals surface area contributed by atoms with Gasteiger partial charge in [0.2, 0.25) is 5.95 Å². The van der Waals surface area contributed by atoms with Gasteiger partial charge in [-0.15, -0.1) is 0 Å². The number of aromatic nitrogens is 3. The van der Waals surface area contributed by atoms with E-state index in [1.165, 1.54) is 11.5 Å². The van der Waals surface area contributed by atoms with E-state index in [0.717, 1.165) is 11.3 Å². The topological polar surface area (TPSA) is 150 Å². The molecule has 11 heteroatoms. The summed E-state index contributed by atoms with van der Waals surface area (Å²) in [5.41, 5.74) is 5.24. The molecule has 2 unspecified atom stereocenters. The zero-order chi connectivity index (χ0) is 19.9. The number of ether oxygens (including phenoxy) is 2. The Morgan fingerprint density at radius 3 is 2.89 bits per heavy atom. The van der Waals surface area contributed by atoms with Crippen molar-refractivity contribution in [2.45, 2.75) is 58.2 Å². The number of nitrogen functional groups attached to an aromatic ring is 1. The summed E-state index contributed by atoms with van der Waals surface area (Å²) in [5.74, 6) is -0.980. The van der Waals surface area contributed by atoms with Gasteiger partial charge in [0.1, 0.15) is 17.0 Å². The highest BCUT2D eigenvalue weighted by molar-refractivity contribution is 7.16. The number of hydrogen-bond donors (Lipinski definition) is 3. The average molecular weight is 398 g/mol. The molecule has 0 bridgehead atoms. The molecular weight excluding hydrogens is 376 g/mol. The minimum Gasteiger partial charge on any atom is -0.462 e. The molecule has 0 amide bonds. The van der Waals surface area contributed by atoms with Gasteiger partial charge in [0.25, 0.3) is 5.56 Å². The summed E-state index contributed by atoms with van der Waals surface area (Å²) in [5, 5.41) is 10.2. The predicted molar refractivity (Wildman–Crippen MR) is 98.5 cm³/mol. The Morgan fingerprint density at radius 1 is 1.56 bits per heavy atom. The molecule has 0 aromatic carbocycles. The summed E-state index contributed by atoms with van der Waals surface area (Å²) >= 11 is 0.739. The fourth-order valence-electron chi connectivity index (χ4n) is 3.43. The van der Waals surface area contributed by atoms with Crippen molar-refractivity contribution in [2.24, 2.45) is 5.92 Å². The lowest BCUT2D eigenvalue weighted by molar-refractivity contribution is -0.150. The number of nitrogens with two attached hydrogens (primary N) is 1. The van der Waals surface area contributed by atoms with Crippen molar-refractivity contribution < 1.29 is 19.4 Å². The van der Waals surface area contributed by atoms with Crippen LogP contribution in [-0.2, 0) is 14.3 Å². The van der Waals surface area contributed by atoms with Gasteiger partial charge in [-0.05, 0) is 19.8 Å². The minimum atomic E-state index is -0.847. The maximum Gasteiger partial charge on any atom is 0.311 e. The number of nitrogens with one attached hydrogen (secondary N) is 1. The molecule has 4 N–H and O–H groups in total. The molecule has 0 radical (unpaired) electrons. The Kier molecular flexibility index (Phi) is 5.36. The smallest absolute Gasteiger partial charge is 0.311 e. The zero-order valence-electron chi connectivity index (χ0n) is 15.2. The molecule has 3 rings (SSSR count). The van der Waals surface area contributed by atoms with Crippen LogP contribution in [0.4, 0.5) is 5.95 Å². The maximum absolute atomic E-state index is 12.6. The van der Waals surface area contributed by atoms with Crippen LogP contribution in [0.15, 0.2) is 9.59 Å². The third-order valence-electron chi connectivity index (χ3n) is 4.73. The van der Waals surface area contributed by atoms with Crippen LogP contribution in [0, 0.1) is 5.92 Å². The largest absolute Gasteiger partial charge is 0.462 e. The van der Waals surface area contributed by atoms with E-state index >= 15 is 0 Å². The molecule has 0 aliphatic carbocycles. The van der Waals surface area contributed by atoms with Gasteiger partial charge in [-0.1, -0.05) is 18.3 Å². The second kappa shape index (κ2) is 7.41. The molecule has 0 saturated carbocycles. The first-order valence-corrected chi connectivity index (χ1v) is 9.46. The van der Waals surface area contributed by atoms with Crippen molar-refractivity contribution >= 4 is 33.6 Å². The molecule has 1 saturated heterocycles. The molecule has 0 spiro atoms. The minimum absolute atomic E-state index is 0.114. The van der Waals surface area contributed by atoms with Gasteiger partial charge in [0.05, 0.1) is 12.2 Å². The quantitative estimate of drug-likeness (QED) is 0.611. The van der Waals surface area contributed by atoms with Crippen molar-refractivity contribution in [3.63, 3.8) is 0 Å². The van der Waals surface area contributed by atoms with Crippen molar-refractivity contribution in [1.29, 1.82) is 0 Å². The number of esters is 1. The van der Waals surface area contributed by atoms with E-state index in [0.29, 0.717) is 12.8 Å². The van der Waals surface area contributed by atoms with Gasteiger partial charge >= 0.3 is 10.8 Å². The molecule has 1 aliphatic heterocycles. The SMILES string of the molecule is CCC(O)[C@@H]1C[C@@H](C(C)OC(C)=O)[C@H](n2c(=O)sc3c(=O)[nH]c(N)nc32)O1. The van der Waals surface area contributed by atoms with Crippen molar-refractivity contribution in [3.05, 3.63) is 20.0 Å². The monoisotopic (exact) mass is 398 g/mol. The lowest BCUT2D eigenvalue weighted by Gasteiger charge is -2.24. The highest BCUT2D eigenvalue weighted by Gasteiger charge is 2.44. The Labute approximate surface area is 157 Å². The van der Waals surface area contributed by atoms with Crippen molar-refractivity contribution in [2.75, 3.05) is 5.73 Å². The fraction of sp³-hybridized carbons (Fsp3) is 0.625. The average Bonchev–Trinajstić information content (AvgIpc) is 3.14. The van der Waals surface area contributed by atoms with Gasteiger partial charge in [0, 0.05) is 12.8 Å². The van der Waals surface area contributed by atoms with E-state index in [9.17, 15) is 19.5 Å². The number of anilines is 1. The van der Waals surface area contributed by atoms with E-state index in [-0.39, 0.29) is 16.3 Å². The number of rotatable bonds is 5. The number of aliphatic hydroxyl groups excluding tert-OH is 1. The fourth-order valence-corrected chi connectivity index (χ4v) is 4.27. The summed E-state index contributed by atoms with van der Waals surface area (Å²) < 4.78 is 12.7. The summed E-state index contributed by atoms with van der Waals surface area (Å²) in [4.78, 5) is 42.1. The summed E-state index contributed by atoms with van der Waals surface area (Å²) in [6.07, 6.45) is -1.83. The van der Waals surface area contributed by atoms with Crippen LogP contribution in [0.2, 0.25) is 0 Å². The first-order valence-electron chi connectivity index (χ1n) is 8.64. The molecule has 5 atom stereocenters. The zero-order valence-corrected chi connectivity index (χ0v) is 16.0. The Morgan fingerprint density at radius 2 is 2.26 bits per heavy atom. The van der Waals surface area contributed by atoms with E-state index in [2.05, 4.69) is 9.97 Å². The summed E-state index contributed by atoms with van der Waals surface area (Å²) in [7, 11) is 0. The van der Waals surface area contributed by atoms with Crippen LogP contribution >= 0.6 is 11.3 Å². The van der Waals surface area contributed by atoms with Gasteiger partial charge < -0.3 is 20.3 Å². The Balaban J connectivity index is 2.10. The highest BCUT2D eigenvalue weighted by Crippen LogP contribution is 2.40. The van der Waals surface area contributed by atoms with Gasteiger partial charge in [-0.3, -0.25) is 23.9 Å². The Hall–Kier alpha value is -2.24. The normalized spacial score (nSPS) is 24.8. The van der Waals surface area contributed by atoms with E-state index in [4.69, 9.17) is 15.2 Å². The molecule has 148 valence electrons. The standard InChI is InChI=1S/C16H22N4O6S/c1-4-9(22)10-5-8(6(2)25-7(3)21)14(26-10)20-12-11(27-16(20)24)13(23)19-15(17)18-12/h6,8-10,14,22H,4-5H2,1-3H3,(H3,17,18,19,23)/t6?,8-,9?,10-,14+/m0/s1. The van der Waals surface area contributed by atoms with Gasteiger partial charge in [-0.2, -0.15) is 4.98 Å². The van der Waals surface area contributed by atoms with Crippen molar-refractivity contribution in [3.8, 4) is 0 Å². The third-order valence-corrected chi connectivity index (χ3v) is 5.68. The third kappa shape index (κ3) is 3.62. The van der Waals surface area contributed by atoms with Gasteiger partial charge in [0.15, 0.2) is 5.65 Å². The van der Waals surface area contributed by atoms with Gasteiger partial charge in [-0.25, -0.2) is 0 Å². The summed E-state index contributed by atoms with van der Waals surface area (Å²) in [6, 6.07) is 0. The number of carbonyl (C=O) groups is 1.